The Morgan fingerprint density at radius 1 is 0.823 bits per heavy atom. The third kappa shape index (κ3) is 7.29. The second-order valence-electron chi connectivity index (χ2n) is 17.4. The number of rotatable bonds is 10. The van der Waals surface area contributed by atoms with Crippen molar-refractivity contribution < 1.29 is 67.8 Å². The average Bonchev–Trinajstić information content (AvgIpc) is 3.24. The number of fused-ring (bicyclic) bond motifs is 5. The average molecular weight is 854 g/mol. The molecule has 0 aromatic heterocycles. The third-order valence-corrected chi connectivity index (χ3v) is 13.5. The summed E-state index contributed by atoms with van der Waals surface area (Å²) in [6, 6.07) is 22.9. The number of nitrogens with one attached hydrogen (secondary N) is 1. The number of ether oxygens (including phenoxy) is 5. The molecule has 0 radical (unpaired) electrons. The van der Waals surface area contributed by atoms with Crippen molar-refractivity contribution in [1.82, 2.24) is 5.32 Å². The predicted molar refractivity (Wildman–Crippen MR) is 218 cm³/mol. The highest BCUT2D eigenvalue weighted by atomic mass is 16.6. The van der Waals surface area contributed by atoms with Gasteiger partial charge in [-0.3, -0.25) is 19.2 Å². The molecule has 15 nitrogen and oxygen atoms in total. The van der Waals surface area contributed by atoms with Gasteiger partial charge in [0.1, 0.15) is 23.9 Å². The van der Waals surface area contributed by atoms with Crippen molar-refractivity contribution in [3.63, 3.8) is 0 Å². The molecule has 62 heavy (non-hydrogen) atoms. The first kappa shape index (κ1) is 44.3. The molecule has 2 saturated carbocycles. The number of hydrogen-bond acceptors (Lipinski definition) is 14. The van der Waals surface area contributed by atoms with Gasteiger partial charge in [-0.1, -0.05) is 80.6 Å². The zero-order valence-corrected chi connectivity index (χ0v) is 35.2. The first-order valence-corrected chi connectivity index (χ1v) is 20.5. The minimum Gasteiger partial charge on any atom is -0.456 e. The van der Waals surface area contributed by atoms with Crippen LogP contribution in [0, 0.1) is 16.7 Å². The molecule has 4 aliphatic rings. The van der Waals surface area contributed by atoms with Gasteiger partial charge in [-0.2, -0.15) is 0 Å². The van der Waals surface area contributed by atoms with Gasteiger partial charge in [0.2, 0.25) is 0 Å². The zero-order chi connectivity index (χ0) is 44.9. The van der Waals surface area contributed by atoms with Crippen LogP contribution in [0.5, 0.6) is 0 Å². The smallest absolute Gasteiger partial charge is 0.338 e. The Hall–Kier alpha value is -5.74. The van der Waals surface area contributed by atoms with Crippen LogP contribution in [-0.4, -0.2) is 105 Å². The van der Waals surface area contributed by atoms with Gasteiger partial charge < -0.3 is 44.3 Å². The number of esters is 4. The lowest BCUT2D eigenvalue weighted by Gasteiger charge is -2.67. The number of carbonyl (C=O) groups is 6. The Morgan fingerprint density at radius 2 is 1.40 bits per heavy atom. The summed E-state index contributed by atoms with van der Waals surface area (Å²) in [6.07, 6.45) is -10.5. The summed E-state index contributed by atoms with van der Waals surface area (Å²) in [5.41, 5.74) is -7.02. The van der Waals surface area contributed by atoms with E-state index in [1.54, 1.807) is 92.7 Å². The van der Waals surface area contributed by atoms with E-state index in [-0.39, 0.29) is 35.3 Å². The minimum absolute atomic E-state index is 0.00289. The number of ketones is 1. The van der Waals surface area contributed by atoms with E-state index in [1.165, 1.54) is 26.0 Å². The van der Waals surface area contributed by atoms with E-state index in [4.69, 9.17) is 23.7 Å². The fraction of sp³-hybridized carbons (Fsp3) is 0.447. The second-order valence-corrected chi connectivity index (χ2v) is 17.4. The monoisotopic (exact) mass is 853 g/mol. The molecular weight excluding hydrogens is 803 g/mol. The van der Waals surface area contributed by atoms with Crippen LogP contribution in [0.25, 0.3) is 0 Å². The zero-order valence-electron chi connectivity index (χ0n) is 35.2. The molecule has 7 rings (SSSR count). The lowest BCUT2D eigenvalue weighted by Crippen LogP contribution is -2.82. The van der Waals surface area contributed by atoms with Crippen molar-refractivity contribution in [2.75, 3.05) is 6.61 Å². The third-order valence-electron chi connectivity index (χ3n) is 13.5. The summed E-state index contributed by atoms with van der Waals surface area (Å²) in [5.74, 6) is -6.84. The highest BCUT2D eigenvalue weighted by Crippen LogP contribution is 2.64. The Balaban J connectivity index is 1.39. The lowest BCUT2D eigenvalue weighted by atomic mass is 9.44. The van der Waals surface area contributed by atoms with Gasteiger partial charge in [-0.25, -0.2) is 9.59 Å². The quantitative estimate of drug-likeness (QED) is 0.130. The van der Waals surface area contributed by atoms with Gasteiger partial charge in [0.25, 0.3) is 5.91 Å². The maximum Gasteiger partial charge on any atom is 0.338 e. The molecule has 3 aromatic carbocycles. The van der Waals surface area contributed by atoms with Crippen molar-refractivity contribution >= 4 is 35.6 Å². The molecule has 4 N–H and O–H groups in total. The number of aliphatic hydroxyl groups excluding tert-OH is 2. The molecule has 0 spiro atoms. The van der Waals surface area contributed by atoms with E-state index in [0.29, 0.717) is 5.56 Å². The van der Waals surface area contributed by atoms with Crippen molar-refractivity contribution in [2.24, 2.45) is 16.7 Å². The molecule has 11 atom stereocenters. The summed E-state index contributed by atoms with van der Waals surface area (Å²) in [6.45, 7) is 7.97. The van der Waals surface area contributed by atoms with Crippen molar-refractivity contribution in [3.8, 4) is 0 Å². The Kier molecular flexibility index (Phi) is 11.8. The van der Waals surface area contributed by atoms with Crippen LogP contribution in [0.3, 0.4) is 0 Å². The number of hydrogen-bond donors (Lipinski definition) is 4. The highest BCUT2D eigenvalue weighted by molar-refractivity contribution is 5.96. The van der Waals surface area contributed by atoms with Crippen LogP contribution in [-0.2, 0) is 42.9 Å². The molecule has 3 aromatic rings. The number of aliphatic hydroxyl groups is 3. The summed E-state index contributed by atoms with van der Waals surface area (Å²) < 4.78 is 30.3. The maximum absolute atomic E-state index is 15.5. The number of benzene rings is 3. The number of Topliss-reactive ketones (excluding diaryl/α,β-unsaturated/α-hetero) is 1. The molecule has 2 bridgehead atoms. The largest absolute Gasteiger partial charge is 0.456 e. The van der Waals surface area contributed by atoms with Crippen LogP contribution in [0.4, 0.5) is 0 Å². The van der Waals surface area contributed by atoms with Gasteiger partial charge in [0.05, 0.1) is 35.6 Å². The molecule has 3 fully saturated rings. The molecule has 15 heteroatoms. The van der Waals surface area contributed by atoms with Gasteiger partial charge in [0, 0.05) is 37.7 Å². The van der Waals surface area contributed by atoms with E-state index in [2.05, 4.69) is 5.32 Å². The lowest BCUT2D eigenvalue weighted by molar-refractivity contribution is -0.346. The van der Waals surface area contributed by atoms with Crippen LogP contribution in [0.1, 0.15) is 86.7 Å². The molecule has 1 saturated heterocycles. The Morgan fingerprint density at radius 3 is 1.95 bits per heavy atom. The molecular formula is C47H51NO14. The fourth-order valence-corrected chi connectivity index (χ4v) is 10.2. The topological polar surface area (TPSA) is 221 Å². The highest BCUT2D eigenvalue weighted by Gasteiger charge is 2.78. The van der Waals surface area contributed by atoms with Gasteiger partial charge >= 0.3 is 23.9 Å². The van der Waals surface area contributed by atoms with Crippen LogP contribution in [0.2, 0.25) is 0 Å². The fourth-order valence-electron chi connectivity index (χ4n) is 10.2. The van der Waals surface area contributed by atoms with E-state index in [9.17, 15) is 39.3 Å². The second kappa shape index (κ2) is 16.5. The van der Waals surface area contributed by atoms with Crippen molar-refractivity contribution in [2.45, 2.75) is 108 Å². The predicted octanol–water partition coefficient (Wildman–Crippen LogP) is 3.74. The first-order valence-electron chi connectivity index (χ1n) is 20.5. The standard InChI is InChI=1S/C47H51NO14/c1-25-31(60-43(56)36(52)35(28-16-10-7-11-17-28)48-41(54)29-18-12-8-13-19-29)23-47(57)40(61-42(55)30-20-14-9-15-21-30)38-45(6,32(51)22-33-46(38,24-58-33)62-27(3)50)39(53)37(59-26(2)49)34(25)44(47,4)5/h7-21,31-33,35-38,40,51-52,57H,22-24H2,1-6H3,(H,48,54)/t31-,32-,33?,35?,36?,37+,38-,40-,45+,46-,47+/m0/s1. The van der Waals surface area contributed by atoms with E-state index < -0.39 is 113 Å². The van der Waals surface area contributed by atoms with Gasteiger partial charge in [-0.15, -0.1) is 0 Å². The summed E-state index contributed by atoms with van der Waals surface area (Å²) in [5, 5.41) is 40.2. The minimum atomic E-state index is -2.39. The Bertz CT molecular complexity index is 2280. The molecule has 1 aliphatic heterocycles. The summed E-state index contributed by atoms with van der Waals surface area (Å²) >= 11 is 0. The van der Waals surface area contributed by atoms with E-state index >= 15 is 4.79 Å². The molecule has 3 aliphatic carbocycles. The van der Waals surface area contributed by atoms with Crippen molar-refractivity contribution in [3.05, 3.63) is 119 Å². The van der Waals surface area contributed by atoms with E-state index in [0.717, 1.165) is 13.8 Å². The van der Waals surface area contributed by atoms with Gasteiger partial charge in [0.15, 0.2) is 23.6 Å². The van der Waals surface area contributed by atoms with Crippen LogP contribution >= 0.6 is 0 Å². The van der Waals surface area contributed by atoms with Crippen LogP contribution in [0.15, 0.2) is 102 Å². The molecule has 1 amide bonds. The number of carbonyl (C=O) groups excluding carboxylic acids is 6. The van der Waals surface area contributed by atoms with Crippen LogP contribution < -0.4 is 5.32 Å². The summed E-state index contributed by atoms with van der Waals surface area (Å²) in [7, 11) is 0. The maximum atomic E-state index is 15.5. The molecule has 3 unspecified atom stereocenters. The Labute approximate surface area is 358 Å². The summed E-state index contributed by atoms with van der Waals surface area (Å²) in [4.78, 5) is 83.5. The molecule has 328 valence electrons. The first-order chi connectivity index (χ1) is 29.3. The van der Waals surface area contributed by atoms with Crippen molar-refractivity contribution in [1.29, 1.82) is 0 Å². The number of amides is 1. The van der Waals surface area contributed by atoms with E-state index in [1.807, 2.05) is 0 Å². The molecule has 1 heterocycles. The van der Waals surface area contributed by atoms with Gasteiger partial charge in [-0.05, 0) is 54.8 Å². The normalized spacial score (nSPS) is 31.9. The SMILES string of the molecule is CC(=O)O[C@H]1C(=O)[C@]2(C)[C@@H](O)CC3OC[C@@]3(OC(C)=O)[C@H]2[C@H](OC(=O)c2ccccc2)[C@]2(O)C[C@H](OC(=O)C(O)C(NC(=O)c3ccccc3)c3ccccc3)C(C)=C1C2(C)C.